The predicted molar refractivity (Wildman–Crippen MR) is 83.6 cm³/mol. The molecule has 116 valence electrons. The third kappa shape index (κ3) is 3.75. The van der Waals surface area contributed by atoms with Gasteiger partial charge in [-0.1, -0.05) is 33.6 Å². The van der Waals surface area contributed by atoms with Gasteiger partial charge in [0, 0.05) is 19.1 Å². The Bertz CT molecular complexity index is 328. The molecule has 1 saturated carbocycles. The van der Waals surface area contributed by atoms with E-state index in [1.54, 1.807) is 0 Å². The molecular weight excluding hydrogens is 248 g/mol. The van der Waals surface area contributed by atoms with Gasteiger partial charge in [-0.15, -0.1) is 0 Å². The molecule has 20 heavy (non-hydrogen) atoms. The van der Waals surface area contributed by atoms with Gasteiger partial charge < -0.3 is 10.2 Å². The maximum atomic E-state index is 12.4. The number of likely N-dealkylation sites (tertiary alicyclic amines) is 1. The summed E-state index contributed by atoms with van der Waals surface area (Å²) in [7, 11) is 0. The SMILES string of the molecule is CC(NC1CCCCC1C(C)(C)C)C(=O)N1CCCC1. The molecule has 1 aliphatic heterocycles. The van der Waals surface area contributed by atoms with Crippen LogP contribution in [0.5, 0.6) is 0 Å². The molecule has 3 atom stereocenters. The Hall–Kier alpha value is -0.570. The lowest BCUT2D eigenvalue weighted by atomic mass is 9.69. The Morgan fingerprint density at radius 3 is 2.30 bits per heavy atom. The molecule has 0 spiro atoms. The van der Waals surface area contributed by atoms with Crippen LogP contribution in [0.3, 0.4) is 0 Å². The van der Waals surface area contributed by atoms with Crippen LogP contribution in [0.1, 0.15) is 66.2 Å². The highest BCUT2D eigenvalue weighted by atomic mass is 16.2. The van der Waals surface area contributed by atoms with E-state index in [9.17, 15) is 4.79 Å². The van der Waals surface area contributed by atoms with Crippen molar-refractivity contribution in [2.45, 2.75) is 78.3 Å². The lowest BCUT2D eigenvalue weighted by Crippen LogP contribution is -2.52. The molecule has 2 rings (SSSR count). The van der Waals surface area contributed by atoms with E-state index in [1.807, 2.05) is 4.90 Å². The van der Waals surface area contributed by atoms with Gasteiger partial charge in [0.2, 0.25) is 5.91 Å². The van der Waals surface area contributed by atoms with E-state index in [0.29, 0.717) is 23.3 Å². The van der Waals surface area contributed by atoms with E-state index in [0.717, 1.165) is 13.1 Å². The molecular formula is C17H32N2O. The minimum Gasteiger partial charge on any atom is -0.341 e. The van der Waals surface area contributed by atoms with Gasteiger partial charge in [-0.05, 0) is 43.9 Å². The number of hydrogen-bond donors (Lipinski definition) is 1. The second kappa shape index (κ2) is 6.46. The molecule has 3 unspecified atom stereocenters. The van der Waals surface area contributed by atoms with E-state index >= 15 is 0 Å². The van der Waals surface area contributed by atoms with Gasteiger partial charge in [0.15, 0.2) is 0 Å². The molecule has 0 aromatic carbocycles. The lowest BCUT2D eigenvalue weighted by molar-refractivity contribution is -0.132. The highest BCUT2D eigenvalue weighted by Crippen LogP contribution is 2.38. The Balaban J connectivity index is 1.94. The van der Waals surface area contributed by atoms with Crippen LogP contribution < -0.4 is 5.32 Å². The van der Waals surface area contributed by atoms with E-state index in [1.165, 1.54) is 38.5 Å². The number of amides is 1. The fourth-order valence-corrected chi connectivity index (χ4v) is 3.97. The van der Waals surface area contributed by atoms with Crippen LogP contribution in [-0.2, 0) is 4.79 Å². The predicted octanol–water partition coefficient (Wildman–Crippen LogP) is 3.19. The van der Waals surface area contributed by atoms with Gasteiger partial charge in [-0.2, -0.15) is 0 Å². The summed E-state index contributed by atoms with van der Waals surface area (Å²) >= 11 is 0. The van der Waals surface area contributed by atoms with Crippen LogP contribution in [0.2, 0.25) is 0 Å². The summed E-state index contributed by atoms with van der Waals surface area (Å²) in [5.41, 5.74) is 0.328. The molecule has 0 aromatic heterocycles. The summed E-state index contributed by atoms with van der Waals surface area (Å²) < 4.78 is 0. The third-order valence-electron chi connectivity index (χ3n) is 5.13. The first-order valence-electron chi connectivity index (χ1n) is 8.44. The zero-order valence-electron chi connectivity index (χ0n) is 13.7. The third-order valence-corrected chi connectivity index (χ3v) is 5.13. The second-order valence-electron chi connectivity index (χ2n) is 7.78. The lowest BCUT2D eigenvalue weighted by Gasteiger charge is -2.42. The summed E-state index contributed by atoms with van der Waals surface area (Å²) in [4.78, 5) is 14.5. The van der Waals surface area contributed by atoms with E-state index in [2.05, 4.69) is 33.0 Å². The quantitative estimate of drug-likeness (QED) is 0.861. The van der Waals surface area contributed by atoms with Crippen LogP contribution in [0.15, 0.2) is 0 Å². The van der Waals surface area contributed by atoms with Gasteiger partial charge in [-0.3, -0.25) is 4.79 Å². The van der Waals surface area contributed by atoms with Crippen LogP contribution in [0.4, 0.5) is 0 Å². The number of rotatable bonds is 3. The molecule has 0 bridgehead atoms. The normalized spacial score (nSPS) is 29.5. The van der Waals surface area contributed by atoms with E-state index in [-0.39, 0.29) is 6.04 Å². The van der Waals surface area contributed by atoms with E-state index in [4.69, 9.17) is 0 Å². The van der Waals surface area contributed by atoms with Crippen molar-refractivity contribution in [3.8, 4) is 0 Å². The summed E-state index contributed by atoms with van der Waals surface area (Å²) in [5.74, 6) is 0.991. The fraction of sp³-hybridized carbons (Fsp3) is 0.941. The number of nitrogens with one attached hydrogen (secondary N) is 1. The zero-order chi connectivity index (χ0) is 14.8. The number of nitrogens with zero attached hydrogens (tertiary/aromatic N) is 1. The zero-order valence-corrected chi connectivity index (χ0v) is 13.7. The summed E-state index contributed by atoms with van der Waals surface area (Å²) in [6.45, 7) is 11.0. The Labute approximate surface area is 124 Å². The summed E-state index contributed by atoms with van der Waals surface area (Å²) in [6.07, 6.45) is 7.51. The number of hydrogen-bond acceptors (Lipinski definition) is 2. The number of carbonyl (C=O) groups is 1. The van der Waals surface area contributed by atoms with Gasteiger partial charge in [-0.25, -0.2) is 0 Å². The van der Waals surface area contributed by atoms with Crippen molar-refractivity contribution in [3.05, 3.63) is 0 Å². The van der Waals surface area contributed by atoms with Crippen molar-refractivity contribution in [2.24, 2.45) is 11.3 Å². The molecule has 1 heterocycles. The van der Waals surface area contributed by atoms with Crippen molar-refractivity contribution in [3.63, 3.8) is 0 Å². The van der Waals surface area contributed by atoms with Gasteiger partial charge in [0.1, 0.15) is 0 Å². The van der Waals surface area contributed by atoms with Crippen molar-refractivity contribution in [2.75, 3.05) is 13.1 Å². The minimum absolute atomic E-state index is 0.0268. The summed E-state index contributed by atoms with van der Waals surface area (Å²) in [6, 6.07) is 0.478. The van der Waals surface area contributed by atoms with Crippen molar-refractivity contribution in [1.29, 1.82) is 0 Å². The van der Waals surface area contributed by atoms with Crippen LogP contribution in [-0.4, -0.2) is 36.0 Å². The highest BCUT2D eigenvalue weighted by molar-refractivity contribution is 5.81. The molecule has 2 aliphatic rings. The molecule has 1 N–H and O–H groups in total. The first kappa shape index (κ1) is 15.8. The largest absolute Gasteiger partial charge is 0.341 e. The van der Waals surface area contributed by atoms with Crippen molar-refractivity contribution in [1.82, 2.24) is 10.2 Å². The summed E-state index contributed by atoms with van der Waals surface area (Å²) in [5, 5.41) is 3.66. The van der Waals surface area contributed by atoms with Gasteiger partial charge >= 0.3 is 0 Å². The second-order valence-corrected chi connectivity index (χ2v) is 7.78. The topological polar surface area (TPSA) is 32.3 Å². The van der Waals surface area contributed by atoms with Crippen LogP contribution in [0, 0.1) is 11.3 Å². The molecule has 2 fully saturated rings. The first-order chi connectivity index (χ1) is 9.39. The molecule has 3 heteroatoms. The molecule has 1 amide bonds. The number of carbonyl (C=O) groups excluding carboxylic acids is 1. The molecule has 1 saturated heterocycles. The Morgan fingerprint density at radius 2 is 1.70 bits per heavy atom. The van der Waals surface area contributed by atoms with Crippen LogP contribution >= 0.6 is 0 Å². The average molecular weight is 280 g/mol. The highest BCUT2D eigenvalue weighted by Gasteiger charge is 2.36. The first-order valence-corrected chi connectivity index (χ1v) is 8.44. The maximum Gasteiger partial charge on any atom is 0.239 e. The van der Waals surface area contributed by atoms with Gasteiger partial charge in [0.25, 0.3) is 0 Å². The standard InChI is InChI=1S/C17H32N2O/c1-13(16(20)19-11-7-8-12-19)18-15-10-6-5-9-14(15)17(2,3)4/h13-15,18H,5-12H2,1-4H3. The molecule has 0 radical (unpaired) electrons. The van der Waals surface area contributed by atoms with E-state index < -0.39 is 0 Å². The minimum atomic E-state index is -0.0268. The monoisotopic (exact) mass is 280 g/mol. The van der Waals surface area contributed by atoms with Crippen LogP contribution in [0.25, 0.3) is 0 Å². The molecule has 1 aliphatic carbocycles. The fourth-order valence-electron chi connectivity index (χ4n) is 3.97. The maximum absolute atomic E-state index is 12.4. The van der Waals surface area contributed by atoms with Gasteiger partial charge in [0.05, 0.1) is 6.04 Å². The molecule has 3 nitrogen and oxygen atoms in total. The Morgan fingerprint density at radius 1 is 1.10 bits per heavy atom. The average Bonchev–Trinajstić information content (AvgIpc) is 2.91. The smallest absolute Gasteiger partial charge is 0.239 e. The van der Waals surface area contributed by atoms with Crippen molar-refractivity contribution < 1.29 is 4.79 Å². The van der Waals surface area contributed by atoms with Crippen molar-refractivity contribution >= 4 is 5.91 Å². The Kier molecular flexibility index (Phi) is 5.11. The molecule has 0 aromatic rings.